The zero-order chi connectivity index (χ0) is 28.6. The van der Waals surface area contributed by atoms with E-state index >= 15 is 0 Å². The second-order valence-electron chi connectivity index (χ2n) is 10.1. The third kappa shape index (κ3) is 9.47. The molecule has 1 atom stereocenters. The molecule has 0 bridgehead atoms. The summed E-state index contributed by atoms with van der Waals surface area (Å²) in [5, 5.41) is 3.83. The van der Waals surface area contributed by atoms with Gasteiger partial charge >= 0.3 is 12.2 Å². The van der Waals surface area contributed by atoms with Crippen molar-refractivity contribution in [2.75, 3.05) is 26.2 Å². The number of nitrogens with one attached hydrogen (secondary N) is 2. The van der Waals surface area contributed by atoms with Gasteiger partial charge in [0.15, 0.2) is 11.6 Å². The van der Waals surface area contributed by atoms with E-state index in [9.17, 15) is 27.6 Å². The third-order valence-corrected chi connectivity index (χ3v) is 5.74. The van der Waals surface area contributed by atoms with E-state index in [-0.39, 0.29) is 51.2 Å². The van der Waals surface area contributed by atoms with Gasteiger partial charge in [-0.2, -0.15) is 0 Å². The fraction of sp³-hybridized carbons (Fsp3) is 0.444. The van der Waals surface area contributed by atoms with Crippen LogP contribution in [0.2, 0.25) is 0 Å². The predicted octanol–water partition coefficient (Wildman–Crippen LogP) is 3.92. The lowest BCUT2D eigenvalue weighted by atomic mass is 10.0. The molecule has 1 aliphatic heterocycles. The molecule has 2 aromatic rings. The van der Waals surface area contributed by atoms with Gasteiger partial charge in [0.1, 0.15) is 18.0 Å². The van der Waals surface area contributed by atoms with Crippen LogP contribution in [-0.2, 0) is 27.3 Å². The van der Waals surface area contributed by atoms with Crippen LogP contribution >= 0.6 is 0 Å². The zero-order valence-corrected chi connectivity index (χ0v) is 22.1. The molecule has 212 valence electrons. The van der Waals surface area contributed by atoms with Gasteiger partial charge in [0.05, 0.1) is 6.54 Å². The molecular weight excluding hydrogens is 517 g/mol. The first-order valence-corrected chi connectivity index (χ1v) is 12.5. The highest BCUT2D eigenvalue weighted by Gasteiger charge is 2.28. The quantitative estimate of drug-likeness (QED) is 0.507. The van der Waals surface area contributed by atoms with Crippen molar-refractivity contribution in [1.82, 2.24) is 20.7 Å². The Morgan fingerprint density at radius 1 is 1.00 bits per heavy atom. The average molecular weight is 551 g/mol. The minimum Gasteiger partial charge on any atom is -0.445 e. The molecule has 39 heavy (non-hydrogen) atoms. The molecule has 12 heteroatoms. The first kappa shape index (κ1) is 29.8. The van der Waals surface area contributed by atoms with E-state index in [2.05, 4.69) is 10.7 Å². The van der Waals surface area contributed by atoms with E-state index in [0.29, 0.717) is 12.1 Å². The maximum Gasteiger partial charge on any atom is 0.410 e. The highest BCUT2D eigenvalue weighted by molar-refractivity contribution is 5.78. The van der Waals surface area contributed by atoms with E-state index in [4.69, 9.17) is 9.47 Å². The van der Waals surface area contributed by atoms with Crippen LogP contribution in [0.4, 0.5) is 22.8 Å². The number of halogens is 3. The van der Waals surface area contributed by atoms with Crippen molar-refractivity contribution in [3.63, 3.8) is 0 Å². The highest BCUT2D eigenvalue weighted by atomic mass is 19.2. The van der Waals surface area contributed by atoms with Gasteiger partial charge in [0, 0.05) is 38.2 Å². The Hall–Kier alpha value is -3.80. The lowest BCUT2D eigenvalue weighted by Crippen LogP contribution is -2.48. The molecule has 0 saturated carbocycles. The number of carbonyl (C=O) groups excluding carboxylic acids is 3. The first-order chi connectivity index (χ1) is 18.4. The topological polar surface area (TPSA) is 100 Å². The highest BCUT2D eigenvalue weighted by Crippen LogP contribution is 2.18. The first-order valence-electron chi connectivity index (χ1n) is 12.5. The molecule has 0 aromatic heterocycles. The van der Waals surface area contributed by atoms with Gasteiger partial charge in [-0.25, -0.2) is 28.2 Å². The zero-order valence-electron chi connectivity index (χ0n) is 22.1. The number of benzene rings is 2. The van der Waals surface area contributed by atoms with Crippen molar-refractivity contribution in [3.05, 3.63) is 71.0 Å². The van der Waals surface area contributed by atoms with Gasteiger partial charge in [0.25, 0.3) is 0 Å². The Balaban J connectivity index is 1.62. The van der Waals surface area contributed by atoms with E-state index in [1.54, 1.807) is 20.8 Å². The van der Waals surface area contributed by atoms with E-state index in [1.165, 1.54) is 9.91 Å². The van der Waals surface area contributed by atoms with E-state index < -0.39 is 47.2 Å². The van der Waals surface area contributed by atoms with Crippen LogP contribution in [0.25, 0.3) is 0 Å². The van der Waals surface area contributed by atoms with Crippen molar-refractivity contribution in [2.24, 2.45) is 0 Å². The smallest absolute Gasteiger partial charge is 0.410 e. The molecule has 0 spiro atoms. The number of hydrogen-bond donors (Lipinski definition) is 2. The van der Waals surface area contributed by atoms with Gasteiger partial charge in [-0.1, -0.05) is 30.3 Å². The van der Waals surface area contributed by atoms with Crippen molar-refractivity contribution in [3.8, 4) is 0 Å². The van der Waals surface area contributed by atoms with Crippen molar-refractivity contribution >= 4 is 18.1 Å². The number of alkyl carbamates (subject to hydrolysis) is 1. The lowest BCUT2D eigenvalue weighted by molar-refractivity contribution is -0.134. The summed E-state index contributed by atoms with van der Waals surface area (Å²) >= 11 is 0. The van der Waals surface area contributed by atoms with Crippen LogP contribution in [0.5, 0.6) is 0 Å². The molecule has 9 nitrogen and oxygen atoms in total. The van der Waals surface area contributed by atoms with Crippen molar-refractivity contribution < 1.29 is 37.0 Å². The normalized spacial score (nSPS) is 14.8. The lowest BCUT2D eigenvalue weighted by Gasteiger charge is -2.26. The SMILES string of the molecule is CC(C)(C)OC(=O)N[C@@H](CC(=O)N1CCN(C(=O)OCc2ccccc2)CCN1)Cc1cc(F)c(F)cc1F. The minimum atomic E-state index is -1.34. The van der Waals surface area contributed by atoms with Crippen LogP contribution in [-0.4, -0.2) is 65.8 Å². The predicted molar refractivity (Wildman–Crippen MR) is 136 cm³/mol. The van der Waals surface area contributed by atoms with Gasteiger partial charge in [-0.15, -0.1) is 0 Å². The molecule has 2 aromatic carbocycles. The van der Waals surface area contributed by atoms with E-state index in [0.717, 1.165) is 5.56 Å². The Morgan fingerprint density at radius 3 is 2.38 bits per heavy atom. The number of hydrazine groups is 1. The fourth-order valence-corrected chi connectivity index (χ4v) is 3.89. The Kier molecular flexibility index (Phi) is 10.2. The summed E-state index contributed by atoms with van der Waals surface area (Å²) < 4.78 is 52.1. The number of hydrogen-bond acceptors (Lipinski definition) is 6. The standard InChI is InChI=1S/C27H33F3N4O5/c1-27(2,3)39-25(36)32-20(13-19-14-22(29)23(30)16-21(19)28)15-24(35)34-12-11-33(10-9-31-34)26(37)38-17-18-7-5-4-6-8-18/h4-8,14,16,20,31H,9-13,15,17H2,1-3H3,(H,32,36)/t20-/m1/s1. The van der Waals surface area contributed by atoms with Crippen LogP contribution in [0.1, 0.15) is 38.3 Å². The Labute approximate surface area is 225 Å². The number of amides is 3. The fourth-order valence-electron chi connectivity index (χ4n) is 3.89. The molecule has 1 fully saturated rings. The molecular formula is C27H33F3N4O5. The van der Waals surface area contributed by atoms with Crippen LogP contribution < -0.4 is 10.7 Å². The van der Waals surface area contributed by atoms with Gasteiger partial charge in [-0.05, 0) is 44.4 Å². The summed E-state index contributed by atoms with van der Waals surface area (Å²) in [5.74, 6) is -4.06. The minimum absolute atomic E-state index is 0.116. The number of ether oxygens (including phenoxy) is 2. The summed E-state index contributed by atoms with van der Waals surface area (Å²) in [6.45, 7) is 5.93. The van der Waals surface area contributed by atoms with Crippen LogP contribution in [0.15, 0.2) is 42.5 Å². The average Bonchev–Trinajstić information content (AvgIpc) is 3.12. The summed E-state index contributed by atoms with van der Waals surface area (Å²) in [7, 11) is 0. The molecule has 0 radical (unpaired) electrons. The summed E-state index contributed by atoms with van der Waals surface area (Å²) in [6.07, 6.45) is -1.96. The van der Waals surface area contributed by atoms with Gasteiger partial charge in [-0.3, -0.25) is 9.80 Å². The van der Waals surface area contributed by atoms with E-state index in [1.807, 2.05) is 30.3 Å². The molecule has 2 N–H and O–H groups in total. The Bertz CT molecular complexity index is 1160. The summed E-state index contributed by atoms with van der Waals surface area (Å²) in [5.41, 5.74) is 2.73. The number of nitrogens with zero attached hydrogens (tertiary/aromatic N) is 2. The van der Waals surface area contributed by atoms with Crippen LogP contribution in [0.3, 0.4) is 0 Å². The number of rotatable bonds is 7. The molecule has 0 aliphatic carbocycles. The maximum absolute atomic E-state index is 14.3. The second kappa shape index (κ2) is 13.3. The molecule has 3 amide bonds. The van der Waals surface area contributed by atoms with Crippen LogP contribution in [0, 0.1) is 17.5 Å². The maximum atomic E-state index is 14.3. The molecule has 3 rings (SSSR count). The second-order valence-corrected chi connectivity index (χ2v) is 10.1. The van der Waals surface area contributed by atoms with Gasteiger partial charge in [0.2, 0.25) is 5.91 Å². The van der Waals surface area contributed by atoms with Crippen molar-refractivity contribution in [1.29, 1.82) is 0 Å². The molecule has 0 unspecified atom stereocenters. The number of carbonyl (C=O) groups is 3. The molecule has 1 heterocycles. The monoisotopic (exact) mass is 550 g/mol. The third-order valence-electron chi connectivity index (χ3n) is 5.74. The summed E-state index contributed by atoms with van der Waals surface area (Å²) in [6, 6.07) is 9.34. The Morgan fingerprint density at radius 2 is 1.69 bits per heavy atom. The van der Waals surface area contributed by atoms with Crippen molar-refractivity contribution in [2.45, 2.75) is 51.9 Å². The molecule has 1 saturated heterocycles. The molecule has 1 aliphatic rings. The van der Waals surface area contributed by atoms with Gasteiger partial charge < -0.3 is 19.7 Å². The largest absolute Gasteiger partial charge is 0.445 e. The summed E-state index contributed by atoms with van der Waals surface area (Å²) in [4.78, 5) is 39.5.